The second-order valence-electron chi connectivity index (χ2n) is 12.7. The summed E-state index contributed by atoms with van der Waals surface area (Å²) >= 11 is 0. The van der Waals surface area contributed by atoms with Gasteiger partial charge in [-0.25, -0.2) is 0 Å². The number of phenolic OH excluding ortho intramolecular Hbond substituents is 2. The first-order chi connectivity index (χ1) is 18.4. The normalized spacial score (nSPS) is 22.2. The van der Waals surface area contributed by atoms with Crippen molar-refractivity contribution < 1.29 is 24.4 Å². The van der Waals surface area contributed by atoms with Crippen molar-refractivity contribution in [2.45, 2.75) is 131 Å². The van der Waals surface area contributed by atoms with Gasteiger partial charge in [0.05, 0.1) is 0 Å². The van der Waals surface area contributed by atoms with E-state index in [4.69, 9.17) is 14.2 Å². The van der Waals surface area contributed by atoms with Crippen LogP contribution in [0.1, 0.15) is 110 Å². The van der Waals surface area contributed by atoms with Gasteiger partial charge in [-0.05, 0) is 153 Å². The molecule has 2 heterocycles. The highest BCUT2D eigenvalue weighted by Gasteiger charge is 2.35. The van der Waals surface area contributed by atoms with E-state index in [0.717, 1.165) is 122 Å². The zero-order valence-corrected chi connectivity index (χ0v) is 25.6. The van der Waals surface area contributed by atoms with Gasteiger partial charge in [-0.15, -0.1) is 0 Å². The Bertz CT molecular complexity index is 1120. The lowest BCUT2D eigenvalue weighted by Crippen LogP contribution is -2.37. The first-order valence-corrected chi connectivity index (χ1v) is 15.0. The summed E-state index contributed by atoms with van der Waals surface area (Å²) in [7, 11) is 0. The molecule has 0 amide bonds. The van der Waals surface area contributed by atoms with Crippen LogP contribution in [0.4, 0.5) is 0 Å². The first-order valence-electron chi connectivity index (χ1n) is 15.0. The van der Waals surface area contributed by atoms with Crippen molar-refractivity contribution in [1.82, 2.24) is 0 Å². The predicted octanol–water partition coefficient (Wildman–Crippen LogP) is 8.17. The third kappa shape index (κ3) is 6.04. The van der Waals surface area contributed by atoms with Crippen LogP contribution in [0.2, 0.25) is 0 Å². The van der Waals surface area contributed by atoms with E-state index in [1.165, 1.54) is 11.1 Å². The van der Waals surface area contributed by atoms with E-state index in [9.17, 15) is 10.2 Å². The molecule has 2 aromatic carbocycles. The fourth-order valence-corrected chi connectivity index (χ4v) is 6.45. The topological polar surface area (TPSA) is 68.2 Å². The van der Waals surface area contributed by atoms with Gasteiger partial charge in [0.1, 0.15) is 34.2 Å². The molecule has 216 valence electrons. The van der Waals surface area contributed by atoms with E-state index in [-0.39, 0.29) is 11.2 Å². The van der Waals surface area contributed by atoms with Crippen molar-refractivity contribution >= 4 is 0 Å². The van der Waals surface area contributed by atoms with Crippen LogP contribution in [0.3, 0.4) is 0 Å². The molecule has 0 saturated carbocycles. The largest absolute Gasteiger partial charge is 0.507 e. The van der Waals surface area contributed by atoms with Crippen molar-refractivity contribution in [3.05, 3.63) is 44.5 Å². The predicted molar refractivity (Wildman–Crippen MR) is 158 cm³/mol. The first kappa shape index (κ1) is 29.6. The van der Waals surface area contributed by atoms with Crippen LogP contribution in [0, 0.1) is 41.5 Å². The summed E-state index contributed by atoms with van der Waals surface area (Å²) in [5.41, 5.74) is 7.97. The quantitative estimate of drug-likeness (QED) is 0.299. The van der Waals surface area contributed by atoms with E-state index in [2.05, 4.69) is 27.7 Å². The Balaban J connectivity index is 1.15. The standard InChI is InChI=1S/C34H50O5/c1-21-23(3)31-27(25(5)29(21)35)13-17-33(7,38-31)15-9-11-19-37-20-12-10-16-34(8)18-14-28-26(6)30(36)22(2)24(4)32(28)39-34/h35-36H,9-20H2,1-8H3. The molecule has 4 rings (SSSR count). The Morgan fingerprint density at radius 2 is 0.974 bits per heavy atom. The molecular weight excluding hydrogens is 488 g/mol. The molecule has 0 fully saturated rings. The van der Waals surface area contributed by atoms with Crippen LogP contribution >= 0.6 is 0 Å². The maximum atomic E-state index is 10.4. The average molecular weight is 539 g/mol. The lowest BCUT2D eigenvalue weighted by Gasteiger charge is -2.38. The maximum absolute atomic E-state index is 10.4. The molecule has 2 atom stereocenters. The van der Waals surface area contributed by atoms with Crippen molar-refractivity contribution in [2.24, 2.45) is 0 Å². The number of fused-ring (bicyclic) bond motifs is 2. The van der Waals surface area contributed by atoms with Gasteiger partial charge in [0.25, 0.3) is 0 Å². The summed E-state index contributed by atoms with van der Waals surface area (Å²) in [6, 6.07) is 0. The molecule has 5 heteroatoms. The molecule has 2 aliphatic heterocycles. The van der Waals surface area contributed by atoms with Crippen molar-refractivity contribution in [1.29, 1.82) is 0 Å². The third-order valence-corrected chi connectivity index (χ3v) is 9.67. The molecular formula is C34H50O5. The minimum Gasteiger partial charge on any atom is -0.507 e. The summed E-state index contributed by atoms with van der Waals surface area (Å²) < 4.78 is 19.1. The molecule has 0 saturated heterocycles. The van der Waals surface area contributed by atoms with Crippen LogP contribution in [0.15, 0.2) is 0 Å². The molecule has 2 unspecified atom stereocenters. The van der Waals surface area contributed by atoms with E-state index in [1.807, 2.05) is 27.7 Å². The number of ether oxygens (including phenoxy) is 3. The molecule has 0 aromatic heterocycles. The highest BCUT2D eigenvalue weighted by Crippen LogP contribution is 2.45. The fraction of sp³-hybridized carbons (Fsp3) is 0.647. The summed E-state index contributed by atoms with van der Waals surface area (Å²) in [5.74, 6) is 2.82. The van der Waals surface area contributed by atoms with Gasteiger partial charge in [-0.2, -0.15) is 0 Å². The van der Waals surface area contributed by atoms with Crippen molar-refractivity contribution in [3.63, 3.8) is 0 Å². The van der Waals surface area contributed by atoms with Gasteiger partial charge in [-0.1, -0.05) is 0 Å². The zero-order valence-electron chi connectivity index (χ0n) is 25.6. The molecule has 2 N–H and O–H groups in total. The lowest BCUT2D eigenvalue weighted by molar-refractivity contribution is 0.0446. The monoisotopic (exact) mass is 538 g/mol. The molecule has 5 nitrogen and oxygen atoms in total. The van der Waals surface area contributed by atoms with Crippen LogP contribution in [0.5, 0.6) is 23.0 Å². The van der Waals surface area contributed by atoms with Crippen LogP contribution in [-0.2, 0) is 17.6 Å². The number of aromatic hydroxyl groups is 2. The van der Waals surface area contributed by atoms with Crippen LogP contribution in [-0.4, -0.2) is 34.6 Å². The van der Waals surface area contributed by atoms with E-state index in [0.29, 0.717) is 11.5 Å². The number of phenols is 2. The summed E-state index contributed by atoms with van der Waals surface area (Å²) in [5, 5.41) is 20.8. The Hall–Kier alpha value is -2.40. The average Bonchev–Trinajstić information content (AvgIpc) is 2.91. The zero-order chi connectivity index (χ0) is 28.5. The third-order valence-electron chi connectivity index (χ3n) is 9.67. The van der Waals surface area contributed by atoms with Crippen molar-refractivity contribution in [2.75, 3.05) is 13.2 Å². The number of hydrogen-bond acceptors (Lipinski definition) is 5. The molecule has 0 spiro atoms. The van der Waals surface area contributed by atoms with Crippen LogP contribution < -0.4 is 9.47 Å². The summed E-state index contributed by atoms with van der Waals surface area (Å²) in [6.07, 6.45) is 10.2. The fourth-order valence-electron chi connectivity index (χ4n) is 6.45. The minimum atomic E-state index is -0.157. The minimum absolute atomic E-state index is 0.157. The number of benzene rings is 2. The maximum Gasteiger partial charge on any atom is 0.127 e. The van der Waals surface area contributed by atoms with Gasteiger partial charge in [0, 0.05) is 24.3 Å². The summed E-state index contributed by atoms with van der Waals surface area (Å²) in [4.78, 5) is 0. The second-order valence-corrected chi connectivity index (χ2v) is 12.7. The van der Waals surface area contributed by atoms with E-state index in [1.54, 1.807) is 0 Å². The molecule has 0 bridgehead atoms. The molecule has 2 aromatic rings. The van der Waals surface area contributed by atoms with Gasteiger partial charge in [-0.3, -0.25) is 0 Å². The highest BCUT2D eigenvalue weighted by atomic mass is 16.5. The Morgan fingerprint density at radius 1 is 0.590 bits per heavy atom. The van der Waals surface area contributed by atoms with Crippen molar-refractivity contribution in [3.8, 4) is 23.0 Å². The van der Waals surface area contributed by atoms with Gasteiger partial charge < -0.3 is 24.4 Å². The highest BCUT2D eigenvalue weighted by molar-refractivity contribution is 5.59. The summed E-state index contributed by atoms with van der Waals surface area (Å²) in [6.45, 7) is 18.1. The van der Waals surface area contributed by atoms with E-state index >= 15 is 0 Å². The van der Waals surface area contributed by atoms with E-state index < -0.39 is 0 Å². The number of unbranched alkanes of at least 4 members (excludes halogenated alkanes) is 2. The number of rotatable bonds is 10. The Morgan fingerprint density at radius 3 is 1.36 bits per heavy atom. The Kier molecular flexibility index (Phi) is 8.80. The van der Waals surface area contributed by atoms with Gasteiger partial charge >= 0.3 is 0 Å². The van der Waals surface area contributed by atoms with Crippen LogP contribution in [0.25, 0.3) is 0 Å². The molecule has 0 aliphatic carbocycles. The SMILES string of the molecule is Cc1c(C)c2c(c(C)c1O)CCC(C)(CCCCOCCCCC1(C)CCc3c(C)c(O)c(C)c(C)c3O1)O2. The second kappa shape index (κ2) is 11.6. The lowest BCUT2D eigenvalue weighted by atomic mass is 9.85. The molecule has 2 aliphatic rings. The van der Waals surface area contributed by atoms with Gasteiger partial charge in [0.2, 0.25) is 0 Å². The number of hydrogen-bond donors (Lipinski definition) is 2. The Labute approximate surface area is 235 Å². The van der Waals surface area contributed by atoms with Gasteiger partial charge in [0.15, 0.2) is 0 Å². The smallest absolute Gasteiger partial charge is 0.127 e. The molecule has 39 heavy (non-hydrogen) atoms. The molecule has 0 radical (unpaired) electrons.